The Morgan fingerprint density at radius 1 is 1.27 bits per heavy atom. The van der Waals surface area contributed by atoms with E-state index < -0.39 is 18.0 Å². The first-order valence-electron chi connectivity index (χ1n) is 8.61. The van der Waals surface area contributed by atoms with Gasteiger partial charge in [0.15, 0.2) is 18.5 Å². The van der Waals surface area contributed by atoms with Crippen molar-refractivity contribution in [2.45, 2.75) is 46.1 Å². The second-order valence-corrected chi connectivity index (χ2v) is 5.99. The number of hydrogen-bond acceptors (Lipinski definition) is 6. The fourth-order valence-corrected chi connectivity index (χ4v) is 2.31. The zero-order valence-corrected chi connectivity index (χ0v) is 15.3. The Hall–Kier alpha value is -2.83. The van der Waals surface area contributed by atoms with Crippen LogP contribution in [0.25, 0.3) is 0 Å². The number of nitrogens with zero attached hydrogens (tertiary/aromatic N) is 1. The van der Waals surface area contributed by atoms with Gasteiger partial charge >= 0.3 is 5.97 Å². The Kier molecular flexibility index (Phi) is 7.20. The van der Waals surface area contributed by atoms with Crippen molar-refractivity contribution in [1.29, 1.82) is 0 Å². The number of carbonyl (C=O) groups excluding carboxylic acids is 2. The van der Waals surface area contributed by atoms with Gasteiger partial charge < -0.3 is 19.3 Å². The van der Waals surface area contributed by atoms with Crippen molar-refractivity contribution in [2.24, 2.45) is 0 Å². The highest BCUT2D eigenvalue weighted by molar-refractivity contribution is 5.94. The van der Waals surface area contributed by atoms with Crippen LogP contribution >= 0.6 is 0 Å². The van der Waals surface area contributed by atoms with Gasteiger partial charge in [-0.2, -0.15) is 0 Å². The van der Waals surface area contributed by atoms with Gasteiger partial charge in [-0.15, -0.1) is 0 Å². The van der Waals surface area contributed by atoms with Gasteiger partial charge in [0, 0.05) is 6.07 Å². The summed E-state index contributed by atoms with van der Waals surface area (Å²) in [5.74, 6) is 0.448. The molecule has 1 amide bonds. The van der Waals surface area contributed by atoms with Gasteiger partial charge in [-0.05, 0) is 38.3 Å². The molecule has 140 valence electrons. The minimum absolute atomic E-state index is 0.260. The molecule has 0 aliphatic heterocycles. The molecule has 0 radical (unpaired) electrons. The second-order valence-electron chi connectivity index (χ2n) is 5.99. The van der Waals surface area contributed by atoms with Crippen LogP contribution in [0.15, 0.2) is 34.9 Å². The van der Waals surface area contributed by atoms with Crippen LogP contribution in [0.4, 0.5) is 5.82 Å². The number of unbranched alkanes of at least 4 members (excludes halogenated alkanes) is 1. The SMILES string of the molecule is CCCCC(OC(=O)COc1ccccc1C)C(=O)Nc1cc(C)on1. The lowest BCUT2D eigenvalue weighted by molar-refractivity contribution is -0.156. The van der Waals surface area contributed by atoms with Gasteiger partial charge in [0.05, 0.1) is 0 Å². The van der Waals surface area contributed by atoms with Gasteiger partial charge in [-0.1, -0.05) is 36.7 Å². The summed E-state index contributed by atoms with van der Waals surface area (Å²) in [4.78, 5) is 24.5. The van der Waals surface area contributed by atoms with Crippen molar-refractivity contribution in [3.63, 3.8) is 0 Å². The summed E-state index contributed by atoms with van der Waals surface area (Å²) in [6.45, 7) is 5.35. The normalized spacial score (nSPS) is 11.7. The molecular formula is C19H24N2O5. The molecule has 7 nitrogen and oxygen atoms in total. The maximum atomic E-state index is 12.4. The Bertz CT molecular complexity index is 741. The van der Waals surface area contributed by atoms with E-state index in [1.807, 2.05) is 32.0 Å². The summed E-state index contributed by atoms with van der Waals surface area (Å²) >= 11 is 0. The topological polar surface area (TPSA) is 90.7 Å². The van der Waals surface area contributed by atoms with E-state index in [-0.39, 0.29) is 6.61 Å². The van der Waals surface area contributed by atoms with Gasteiger partial charge in [0.25, 0.3) is 5.91 Å². The van der Waals surface area contributed by atoms with Gasteiger partial charge in [0.2, 0.25) is 0 Å². The summed E-state index contributed by atoms with van der Waals surface area (Å²) in [6, 6.07) is 8.97. The quantitative estimate of drug-likeness (QED) is 0.689. The van der Waals surface area contributed by atoms with E-state index in [9.17, 15) is 9.59 Å². The molecule has 0 saturated heterocycles. The number of benzene rings is 1. The number of para-hydroxylation sites is 1. The first-order valence-corrected chi connectivity index (χ1v) is 8.61. The van der Waals surface area contributed by atoms with Crippen LogP contribution < -0.4 is 10.1 Å². The lowest BCUT2D eigenvalue weighted by Crippen LogP contribution is -2.34. The number of rotatable bonds is 9. The first-order chi connectivity index (χ1) is 12.5. The molecule has 1 heterocycles. The van der Waals surface area contributed by atoms with Crippen molar-refractivity contribution >= 4 is 17.7 Å². The number of amides is 1. The Labute approximate surface area is 152 Å². The Morgan fingerprint density at radius 3 is 2.69 bits per heavy atom. The van der Waals surface area contributed by atoms with E-state index >= 15 is 0 Å². The number of carbonyl (C=O) groups is 2. The zero-order valence-electron chi connectivity index (χ0n) is 15.3. The monoisotopic (exact) mass is 360 g/mol. The highest BCUT2D eigenvalue weighted by Gasteiger charge is 2.24. The molecule has 7 heteroatoms. The van der Waals surface area contributed by atoms with Crippen molar-refractivity contribution < 1.29 is 23.6 Å². The van der Waals surface area contributed by atoms with Crippen molar-refractivity contribution in [3.8, 4) is 5.75 Å². The molecule has 1 N–H and O–H groups in total. The molecule has 1 aromatic carbocycles. The van der Waals surface area contributed by atoms with Crippen LogP contribution in [-0.4, -0.2) is 29.7 Å². The third-order valence-electron chi connectivity index (χ3n) is 3.70. The molecule has 1 atom stereocenters. The minimum atomic E-state index is -0.903. The second kappa shape index (κ2) is 9.60. The number of nitrogens with one attached hydrogen (secondary N) is 1. The molecule has 0 fully saturated rings. The highest BCUT2D eigenvalue weighted by Crippen LogP contribution is 2.16. The average Bonchev–Trinajstić information content (AvgIpc) is 3.02. The molecule has 0 aliphatic rings. The van der Waals surface area contributed by atoms with Crippen LogP contribution in [0.1, 0.15) is 37.5 Å². The fraction of sp³-hybridized carbons (Fsp3) is 0.421. The highest BCUT2D eigenvalue weighted by atomic mass is 16.6. The third-order valence-corrected chi connectivity index (χ3v) is 3.70. The molecular weight excluding hydrogens is 336 g/mol. The maximum absolute atomic E-state index is 12.4. The number of esters is 1. The molecule has 0 aliphatic carbocycles. The van der Waals surface area contributed by atoms with Crippen LogP contribution in [-0.2, 0) is 14.3 Å². The third kappa shape index (κ3) is 5.91. The number of ether oxygens (including phenoxy) is 2. The summed E-state index contributed by atoms with van der Waals surface area (Å²) in [6.07, 6.45) is 1.15. The van der Waals surface area contributed by atoms with Crippen LogP contribution in [0, 0.1) is 13.8 Å². The molecule has 1 aromatic heterocycles. The largest absolute Gasteiger partial charge is 0.482 e. The average molecular weight is 360 g/mol. The summed E-state index contributed by atoms with van der Waals surface area (Å²) in [5, 5.41) is 6.31. The summed E-state index contributed by atoms with van der Waals surface area (Å²) < 4.78 is 15.7. The van der Waals surface area contributed by atoms with E-state index in [0.29, 0.717) is 23.7 Å². The zero-order chi connectivity index (χ0) is 18.9. The fourth-order valence-electron chi connectivity index (χ4n) is 2.31. The molecule has 26 heavy (non-hydrogen) atoms. The van der Waals surface area contributed by atoms with Gasteiger partial charge in [-0.3, -0.25) is 4.79 Å². The first kappa shape index (κ1) is 19.5. The van der Waals surface area contributed by atoms with Crippen LogP contribution in [0.3, 0.4) is 0 Å². The Morgan fingerprint density at radius 2 is 2.04 bits per heavy atom. The summed E-state index contributed by atoms with van der Waals surface area (Å²) in [5.41, 5.74) is 0.918. The predicted octanol–water partition coefficient (Wildman–Crippen LogP) is 3.41. The lowest BCUT2D eigenvalue weighted by Gasteiger charge is -2.17. The molecule has 0 bridgehead atoms. The van der Waals surface area contributed by atoms with Crippen molar-refractivity contribution in [1.82, 2.24) is 5.16 Å². The van der Waals surface area contributed by atoms with E-state index in [0.717, 1.165) is 18.4 Å². The number of aromatic nitrogens is 1. The van der Waals surface area contributed by atoms with Crippen molar-refractivity contribution in [2.75, 3.05) is 11.9 Å². The number of aryl methyl sites for hydroxylation is 2. The van der Waals surface area contributed by atoms with Gasteiger partial charge in [-0.25, -0.2) is 4.79 Å². The minimum Gasteiger partial charge on any atom is -0.482 e. The van der Waals surface area contributed by atoms with Gasteiger partial charge in [0.1, 0.15) is 11.5 Å². The standard InChI is InChI=1S/C19H24N2O5/c1-4-5-9-16(19(23)20-17-11-14(3)26-21-17)25-18(22)12-24-15-10-7-6-8-13(15)2/h6-8,10-11,16H,4-5,9,12H2,1-3H3,(H,20,21,23). The Balaban J connectivity index is 1.92. The number of hydrogen-bond donors (Lipinski definition) is 1. The molecule has 2 aromatic rings. The lowest BCUT2D eigenvalue weighted by atomic mass is 10.1. The van der Waals surface area contributed by atoms with E-state index in [1.54, 1.807) is 19.1 Å². The molecule has 2 rings (SSSR count). The smallest absolute Gasteiger partial charge is 0.344 e. The van der Waals surface area contributed by atoms with Crippen LogP contribution in [0.5, 0.6) is 5.75 Å². The number of anilines is 1. The van der Waals surface area contributed by atoms with E-state index in [1.165, 1.54) is 0 Å². The predicted molar refractivity (Wildman–Crippen MR) is 95.9 cm³/mol. The molecule has 0 spiro atoms. The van der Waals surface area contributed by atoms with E-state index in [2.05, 4.69) is 10.5 Å². The molecule has 1 unspecified atom stereocenters. The summed E-state index contributed by atoms with van der Waals surface area (Å²) in [7, 11) is 0. The maximum Gasteiger partial charge on any atom is 0.344 e. The van der Waals surface area contributed by atoms with Crippen LogP contribution in [0.2, 0.25) is 0 Å². The van der Waals surface area contributed by atoms with Crippen molar-refractivity contribution in [3.05, 3.63) is 41.7 Å². The van der Waals surface area contributed by atoms with E-state index in [4.69, 9.17) is 14.0 Å². The molecule has 0 saturated carbocycles.